The molecule has 70 valence electrons. The summed E-state index contributed by atoms with van der Waals surface area (Å²) < 4.78 is 5.69. The van der Waals surface area contributed by atoms with Crippen molar-refractivity contribution in [3.63, 3.8) is 0 Å². The highest BCUT2D eigenvalue weighted by Gasteiger charge is 2.13. The summed E-state index contributed by atoms with van der Waals surface area (Å²) in [6.45, 7) is 2.02. The van der Waals surface area contributed by atoms with Gasteiger partial charge in [0.2, 0.25) is 0 Å². The highest BCUT2D eigenvalue weighted by molar-refractivity contribution is 7.19. The molecule has 2 heterocycles. The Balaban J connectivity index is 2.62. The van der Waals surface area contributed by atoms with Crippen molar-refractivity contribution >= 4 is 38.3 Å². The normalized spacial score (nSPS) is 11.5. The highest BCUT2D eigenvalue weighted by atomic mass is 32.1. The quantitative estimate of drug-likeness (QED) is 0.607. The molecule has 2 nitrogen and oxygen atoms in total. The first-order valence-corrected chi connectivity index (χ1v) is 5.25. The Bertz CT molecular complexity index is 621. The largest absolute Gasteiger partial charge is 0.445 e. The topological polar surface area (TPSA) is 39.2 Å². The number of furan rings is 1. The van der Waals surface area contributed by atoms with Crippen LogP contribution in [0.15, 0.2) is 28.7 Å². The number of hydrogen-bond acceptors (Lipinski definition) is 3. The number of benzene rings is 1. The van der Waals surface area contributed by atoms with Gasteiger partial charge in [0, 0.05) is 10.3 Å². The first-order chi connectivity index (χ1) is 6.77. The molecule has 2 N–H and O–H groups in total. The second-order valence-corrected chi connectivity index (χ2v) is 4.52. The van der Waals surface area contributed by atoms with Crippen LogP contribution in [0.5, 0.6) is 0 Å². The lowest BCUT2D eigenvalue weighted by Crippen LogP contribution is -1.82. The molecule has 0 saturated heterocycles. The van der Waals surface area contributed by atoms with Crippen LogP contribution in [-0.4, -0.2) is 0 Å². The van der Waals surface area contributed by atoms with E-state index in [0.29, 0.717) is 0 Å². The summed E-state index contributed by atoms with van der Waals surface area (Å²) in [5.74, 6) is 0. The number of para-hydroxylation sites is 1. The second kappa shape index (κ2) is 2.51. The average molecular weight is 203 g/mol. The molecule has 0 fully saturated rings. The van der Waals surface area contributed by atoms with Gasteiger partial charge in [-0.25, -0.2) is 0 Å². The Morgan fingerprint density at radius 3 is 2.93 bits per heavy atom. The zero-order valence-electron chi connectivity index (χ0n) is 7.70. The molecule has 3 rings (SSSR count). The highest BCUT2D eigenvalue weighted by Crippen LogP contribution is 2.39. The van der Waals surface area contributed by atoms with Crippen molar-refractivity contribution in [2.75, 3.05) is 5.73 Å². The molecular formula is C11H9NOS. The maximum absolute atomic E-state index is 6.00. The van der Waals surface area contributed by atoms with Gasteiger partial charge in [0.25, 0.3) is 0 Å². The summed E-state index contributed by atoms with van der Waals surface area (Å²) in [5.41, 5.74) is 7.77. The Morgan fingerprint density at radius 2 is 2.07 bits per heavy atom. The number of aryl methyl sites for hydroxylation is 1. The first-order valence-electron chi connectivity index (χ1n) is 4.43. The minimum absolute atomic E-state index is 0.856. The van der Waals surface area contributed by atoms with Crippen molar-refractivity contribution in [1.82, 2.24) is 0 Å². The van der Waals surface area contributed by atoms with E-state index < -0.39 is 0 Å². The van der Waals surface area contributed by atoms with Gasteiger partial charge >= 0.3 is 0 Å². The van der Waals surface area contributed by atoms with E-state index in [1.807, 2.05) is 31.2 Å². The molecule has 2 aromatic heterocycles. The Labute approximate surface area is 84.9 Å². The molecule has 0 aliphatic rings. The summed E-state index contributed by atoms with van der Waals surface area (Å²) in [6, 6.07) is 7.99. The van der Waals surface area contributed by atoms with E-state index in [2.05, 4.69) is 0 Å². The summed E-state index contributed by atoms with van der Waals surface area (Å²) in [7, 11) is 0. The maximum Gasteiger partial charge on any atom is 0.191 e. The SMILES string of the molecule is Cc1sc2oc3ccccc3c2c1N. The van der Waals surface area contributed by atoms with Crippen LogP contribution in [0.2, 0.25) is 0 Å². The first kappa shape index (κ1) is 7.88. The smallest absolute Gasteiger partial charge is 0.191 e. The molecule has 0 atom stereocenters. The van der Waals surface area contributed by atoms with Gasteiger partial charge in [0.05, 0.1) is 11.1 Å². The molecule has 0 saturated carbocycles. The van der Waals surface area contributed by atoms with Gasteiger partial charge in [0.15, 0.2) is 4.90 Å². The number of fused-ring (bicyclic) bond motifs is 3. The standard InChI is InChI=1S/C11H9NOS/c1-6-10(12)9-7-4-2-3-5-8(7)13-11(9)14-6/h2-5H,12H2,1H3. The molecule has 0 radical (unpaired) electrons. The van der Waals surface area contributed by atoms with Crippen LogP contribution in [0.25, 0.3) is 21.3 Å². The van der Waals surface area contributed by atoms with Crippen molar-refractivity contribution in [1.29, 1.82) is 0 Å². The zero-order chi connectivity index (χ0) is 9.71. The Morgan fingerprint density at radius 1 is 1.29 bits per heavy atom. The summed E-state index contributed by atoms with van der Waals surface area (Å²) in [6.07, 6.45) is 0. The van der Waals surface area contributed by atoms with E-state index in [1.54, 1.807) is 11.3 Å². The molecule has 14 heavy (non-hydrogen) atoms. The van der Waals surface area contributed by atoms with E-state index >= 15 is 0 Å². The van der Waals surface area contributed by atoms with Crippen LogP contribution in [0.1, 0.15) is 4.88 Å². The maximum atomic E-state index is 6.00. The summed E-state index contributed by atoms with van der Waals surface area (Å²) >= 11 is 1.61. The van der Waals surface area contributed by atoms with Gasteiger partial charge in [0.1, 0.15) is 5.58 Å². The molecule has 0 aliphatic heterocycles. The van der Waals surface area contributed by atoms with Crippen LogP contribution in [0.3, 0.4) is 0 Å². The lowest BCUT2D eigenvalue weighted by Gasteiger charge is -1.90. The fourth-order valence-electron chi connectivity index (χ4n) is 1.72. The molecule has 3 heteroatoms. The van der Waals surface area contributed by atoms with Crippen LogP contribution in [0, 0.1) is 6.92 Å². The number of nitrogen functional groups attached to an aromatic ring is 1. The predicted molar refractivity (Wildman–Crippen MR) is 60.7 cm³/mol. The second-order valence-electron chi connectivity index (χ2n) is 3.33. The van der Waals surface area contributed by atoms with Gasteiger partial charge in [-0.1, -0.05) is 18.2 Å². The molecule has 0 amide bonds. The van der Waals surface area contributed by atoms with E-state index in [0.717, 1.165) is 31.8 Å². The summed E-state index contributed by atoms with van der Waals surface area (Å²) in [4.78, 5) is 2.06. The summed E-state index contributed by atoms with van der Waals surface area (Å²) in [5, 5.41) is 2.19. The van der Waals surface area contributed by atoms with Crippen molar-refractivity contribution in [2.24, 2.45) is 0 Å². The van der Waals surface area contributed by atoms with Gasteiger partial charge in [-0.15, -0.1) is 11.3 Å². The Kier molecular flexibility index (Phi) is 1.42. The lowest BCUT2D eigenvalue weighted by molar-refractivity contribution is 0.678. The van der Waals surface area contributed by atoms with Gasteiger partial charge in [-0.3, -0.25) is 0 Å². The third-order valence-corrected chi connectivity index (χ3v) is 3.46. The number of nitrogens with two attached hydrogens (primary N) is 1. The molecular weight excluding hydrogens is 194 g/mol. The molecule has 0 bridgehead atoms. The lowest BCUT2D eigenvalue weighted by atomic mass is 10.2. The van der Waals surface area contributed by atoms with Gasteiger partial charge in [-0.05, 0) is 13.0 Å². The van der Waals surface area contributed by atoms with Gasteiger partial charge < -0.3 is 10.2 Å². The minimum Gasteiger partial charge on any atom is -0.445 e. The van der Waals surface area contributed by atoms with Crippen LogP contribution in [-0.2, 0) is 0 Å². The van der Waals surface area contributed by atoms with Crippen molar-refractivity contribution < 1.29 is 4.42 Å². The van der Waals surface area contributed by atoms with Crippen molar-refractivity contribution in [3.8, 4) is 0 Å². The Hall–Kier alpha value is -1.48. The van der Waals surface area contributed by atoms with Crippen molar-refractivity contribution in [2.45, 2.75) is 6.92 Å². The van der Waals surface area contributed by atoms with Crippen molar-refractivity contribution in [3.05, 3.63) is 29.1 Å². The van der Waals surface area contributed by atoms with Crippen LogP contribution < -0.4 is 5.73 Å². The number of hydrogen-bond donors (Lipinski definition) is 1. The third-order valence-electron chi connectivity index (χ3n) is 2.46. The molecule has 0 spiro atoms. The molecule has 3 aromatic rings. The molecule has 0 aliphatic carbocycles. The predicted octanol–water partition coefficient (Wildman–Crippen LogP) is 3.54. The minimum atomic E-state index is 0.856. The van der Waals surface area contributed by atoms with Crippen LogP contribution >= 0.6 is 11.3 Å². The fraction of sp³-hybridized carbons (Fsp3) is 0.0909. The third kappa shape index (κ3) is 0.849. The number of anilines is 1. The molecule has 1 aromatic carbocycles. The average Bonchev–Trinajstić information content (AvgIpc) is 2.65. The van der Waals surface area contributed by atoms with Crippen LogP contribution in [0.4, 0.5) is 5.69 Å². The molecule has 0 unspecified atom stereocenters. The monoisotopic (exact) mass is 203 g/mol. The number of rotatable bonds is 0. The van der Waals surface area contributed by atoms with E-state index in [1.165, 1.54) is 0 Å². The zero-order valence-corrected chi connectivity index (χ0v) is 8.52. The van der Waals surface area contributed by atoms with E-state index in [9.17, 15) is 0 Å². The van der Waals surface area contributed by atoms with Gasteiger partial charge in [-0.2, -0.15) is 0 Å². The number of thiophene rings is 1. The fourth-order valence-corrected chi connectivity index (χ4v) is 2.66. The van der Waals surface area contributed by atoms with E-state index in [4.69, 9.17) is 10.2 Å². The van der Waals surface area contributed by atoms with E-state index in [-0.39, 0.29) is 0 Å².